The summed E-state index contributed by atoms with van der Waals surface area (Å²) in [6.07, 6.45) is 8.73. The first-order valence-electron chi connectivity index (χ1n) is 8.13. The monoisotopic (exact) mass is 296 g/mol. The standard InChI is InChI=1S/C23H20/c1-4-10-20-16(3)15-17(5-2)23(20)21-13-8-6-11-18(21)19-12-7-9-14-22(19)23/h4-15H,2H2,1,3H3/b10-4-. The van der Waals surface area contributed by atoms with E-state index in [1.54, 1.807) is 0 Å². The fourth-order valence-electron chi connectivity index (χ4n) is 4.34. The average Bonchev–Trinajstić information content (AvgIpc) is 3.04. The molecule has 0 bridgehead atoms. The molecular weight excluding hydrogens is 276 g/mol. The highest BCUT2D eigenvalue weighted by molar-refractivity contribution is 5.88. The van der Waals surface area contributed by atoms with Crippen LogP contribution in [0.1, 0.15) is 25.0 Å². The van der Waals surface area contributed by atoms with Gasteiger partial charge in [0.15, 0.2) is 0 Å². The van der Waals surface area contributed by atoms with E-state index in [0.29, 0.717) is 0 Å². The fourth-order valence-corrected chi connectivity index (χ4v) is 4.34. The minimum absolute atomic E-state index is 0.203. The Bertz CT molecular complexity index is 858. The molecule has 0 fully saturated rings. The lowest BCUT2D eigenvalue weighted by Crippen LogP contribution is -2.27. The average molecular weight is 296 g/mol. The minimum atomic E-state index is -0.203. The highest BCUT2D eigenvalue weighted by Crippen LogP contribution is 2.59. The number of hydrogen-bond acceptors (Lipinski definition) is 0. The molecule has 0 amide bonds. The third kappa shape index (κ3) is 1.61. The summed E-state index contributed by atoms with van der Waals surface area (Å²) in [7, 11) is 0. The number of benzene rings is 2. The number of hydrogen-bond donors (Lipinski definition) is 0. The quantitative estimate of drug-likeness (QED) is 0.640. The molecule has 4 rings (SSSR count). The molecule has 0 atom stereocenters. The Balaban J connectivity index is 2.19. The zero-order valence-corrected chi connectivity index (χ0v) is 13.6. The molecule has 112 valence electrons. The van der Waals surface area contributed by atoms with E-state index in [-0.39, 0.29) is 5.41 Å². The van der Waals surface area contributed by atoms with Crippen molar-refractivity contribution in [2.24, 2.45) is 0 Å². The maximum Gasteiger partial charge on any atom is 0.0715 e. The molecule has 0 saturated carbocycles. The van der Waals surface area contributed by atoms with Crippen LogP contribution in [0, 0.1) is 0 Å². The van der Waals surface area contributed by atoms with E-state index in [1.807, 2.05) is 6.08 Å². The van der Waals surface area contributed by atoms with Crippen molar-refractivity contribution in [2.45, 2.75) is 19.3 Å². The fraction of sp³-hybridized carbons (Fsp3) is 0.130. The Morgan fingerprint density at radius 3 is 2.00 bits per heavy atom. The van der Waals surface area contributed by atoms with Crippen molar-refractivity contribution < 1.29 is 0 Å². The predicted molar refractivity (Wildman–Crippen MR) is 98.5 cm³/mol. The molecule has 0 aliphatic heterocycles. The van der Waals surface area contributed by atoms with Crippen molar-refractivity contribution in [2.75, 3.05) is 0 Å². The van der Waals surface area contributed by atoms with Gasteiger partial charge < -0.3 is 0 Å². The van der Waals surface area contributed by atoms with Gasteiger partial charge in [-0.25, -0.2) is 0 Å². The second kappa shape index (κ2) is 4.96. The van der Waals surface area contributed by atoms with Gasteiger partial charge in [0.25, 0.3) is 0 Å². The van der Waals surface area contributed by atoms with Gasteiger partial charge in [0.05, 0.1) is 5.41 Å². The van der Waals surface area contributed by atoms with Crippen LogP contribution in [0.15, 0.2) is 96.1 Å². The van der Waals surface area contributed by atoms with E-state index < -0.39 is 0 Å². The van der Waals surface area contributed by atoms with E-state index in [0.717, 1.165) is 0 Å². The molecule has 0 radical (unpaired) electrons. The Morgan fingerprint density at radius 1 is 0.913 bits per heavy atom. The molecule has 0 heteroatoms. The molecule has 2 aliphatic rings. The van der Waals surface area contributed by atoms with E-state index in [4.69, 9.17) is 0 Å². The molecule has 1 spiro atoms. The van der Waals surface area contributed by atoms with Crippen LogP contribution in [0.4, 0.5) is 0 Å². The van der Waals surface area contributed by atoms with Crippen LogP contribution < -0.4 is 0 Å². The highest BCUT2D eigenvalue weighted by atomic mass is 14.5. The van der Waals surface area contributed by atoms with Crippen molar-refractivity contribution in [1.82, 2.24) is 0 Å². The molecular formula is C23H20. The van der Waals surface area contributed by atoms with Crippen molar-refractivity contribution in [3.05, 3.63) is 107 Å². The lowest BCUT2D eigenvalue weighted by atomic mass is 9.69. The maximum atomic E-state index is 4.12. The van der Waals surface area contributed by atoms with Crippen molar-refractivity contribution in [3.63, 3.8) is 0 Å². The molecule has 23 heavy (non-hydrogen) atoms. The van der Waals surface area contributed by atoms with Crippen molar-refractivity contribution in [3.8, 4) is 11.1 Å². The number of allylic oxidation sites excluding steroid dienone is 7. The van der Waals surface area contributed by atoms with Crippen LogP contribution in [0.2, 0.25) is 0 Å². The van der Waals surface area contributed by atoms with Crippen LogP contribution in [-0.4, -0.2) is 0 Å². The van der Waals surface area contributed by atoms with Crippen LogP contribution in [-0.2, 0) is 5.41 Å². The van der Waals surface area contributed by atoms with E-state index in [1.165, 1.54) is 39.0 Å². The van der Waals surface area contributed by atoms with Crippen LogP contribution in [0.25, 0.3) is 11.1 Å². The predicted octanol–water partition coefficient (Wildman–Crippen LogP) is 5.97. The van der Waals surface area contributed by atoms with Crippen molar-refractivity contribution in [1.29, 1.82) is 0 Å². The van der Waals surface area contributed by atoms with Gasteiger partial charge in [-0.3, -0.25) is 0 Å². The Labute approximate surface area is 138 Å². The van der Waals surface area contributed by atoms with E-state index >= 15 is 0 Å². The largest absolute Gasteiger partial charge is 0.0987 e. The number of fused-ring (bicyclic) bond motifs is 5. The van der Waals surface area contributed by atoms with Gasteiger partial charge in [0.2, 0.25) is 0 Å². The summed E-state index contributed by atoms with van der Waals surface area (Å²) < 4.78 is 0. The molecule has 0 unspecified atom stereocenters. The topological polar surface area (TPSA) is 0 Å². The van der Waals surface area contributed by atoms with E-state index in [2.05, 4.69) is 87.2 Å². The first-order chi connectivity index (χ1) is 11.2. The summed E-state index contributed by atoms with van der Waals surface area (Å²) in [5.41, 5.74) is 9.19. The lowest BCUT2D eigenvalue weighted by molar-refractivity contribution is 0.779. The zero-order valence-electron chi connectivity index (χ0n) is 13.6. The smallest absolute Gasteiger partial charge is 0.0715 e. The van der Waals surface area contributed by atoms with Crippen LogP contribution in [0.3, 0.4) is 0 Å². The second-order valence-corrected chi connectivity index (χ2v) is 6.24. The lowest BCUT2D eigenvalue weighted by Gasteiger charge is -2.32. The first kappa shape index (κ1) is 14.0. The molecule has 0 saturated heterocycles. The molecule has 2 aliphatic carbocycles. The Morgan fingerprint density at radius 2 is 1.48 bits per heavy atom. The molecule has 2 aromatic carbocycles. The summed E-state index contributed by atoms with van der Waals surface area (Å²) in [5.74, 6) is 0. The van der Waals surface area contributed by atoms with Gasteiger partial charge >= 0.3 is 0 Å². The molecule has 2 aromatic rings. The second-order valence-electron chi connectivity index (χ2n) is 6.24. The van der Waals surface area contributed by atoms with Gasteiger partial charge in [-0.05, 0) is 52.8 Å². The first-order valence-corrected chi connectivity index (χ1v) is 8.13. The number of rotatable bonds is 2. The summed E-state index contributed by atoms with van der Waals surface area (Å²) in [4.78, 5) is 0. The Hall–Kier alpha value is -2.60. The minimum Gasteiger partial charge on any atom is -0.0987 e. The summed E-state index contributed by atoms with van der Waals surface area (Å²) >= 11 is 0. The van der Waals surface area contributed by atoms with Gasteiger partial charge in [0.1, 0.15) is 0 Å². The summed E-state index contributed by atoms with van der Waals surface area (Å²) in [6.45, 7) is 8.41. The SMILES string of the molecule is C=CC1=CC(C)=C(/C=C\C)C12c1ccccc1-c1ccccc12. The molecule has 0 heterocycles. The molecule has 0 nitrogen and oxygen atoms in total. The van der Waals surface area contributed by atoms with Crippen LogP contribution >= 0.6 is 0 Å². The van der Waals surface area contributed by atoms with Crippen LogP contribution in [0.5, 0.6) is 0 Å². The third-order valence-electron chi connectivity index (χ3n) is 5.14. The summed E-state index contributed by atoms with van der Waals surface area (Å²) in [6, 6.07) is 17.6. The third-order valence-corrected chi connectivity index (χ3v) is 5.14. The maximum absolute atomic E-state index is 4.12. The molecule has 0 N–H and O–H groups in total. The molecule has 0 aromatic heterocycles. The van der Waals surface area contributed by atoms with Gasteiger partial charge in [-0.15, -0.1) is 0 Å². The van der Waals surface area contributed by atoms with Crippen molar-refractivity contribution >= 4 is 0 Å². The van der Waals surface area contributed by atoms with Gasteiger partial charge in [-0.1, -0.05) is 79.4 Å². The normalized spacial score (nSPS) is 17.6. The Kier molecular flexibility index (Phi) is 3.02. The van der Waals surface area contributed by atoms with Gasteiger partial charge in [0, 0.05) is 0 Å². The highest BCUT2D eigenvalue weighted by Gasteiger charge is 2.49. The van der Waals surface area contributed by atoms with Gasteiger partial charge in [-0.2, -0.15) is 0 Å². The zero-order chi connectivity index (χ0) is 16.0. The van der Waals surface area contributed by atoms with E-state index in [9.17, 15) is 0 Å². The summed E-state index contributed by atoms with van der Waals surface area (Å²) in [5, 5.41) is 0.